The van der Waals surface area contributed by atoms with Crippen LogP contribution in [-0.2, 0) is 0 Å². The number of halogens is 1. The van der Waals surface area contributed by atoms with Gasteiger partial charge in [0, 0.05) is 24.0 Å². The molecule has 5 heteroatoms. The average Bonchev–Trinajstić information content (AvgIpc) is 2.41. The summed E-state index contributed by atoms with van der Waals surface area (Å²) in [6.45, 7) is 0. The third kappa shape index (κ3) is 2.31. The fraction of sp³-hybridized carbons (Fsp3) is 0. The number of pyridine rings is 1. The Hall–Kier alpha value is -2.01. The van der Waals surface area contributed by atoms with E-state index in [9.17, 15) is 0 Å². The highest BCUT2D eigenvalue weighted by atomic mass is 79.9. The maximum absolute atomic E-state index is 5.57. The minimum atomic E-state index is 0.321. The van der Waals surface area contributed by atoms with Gasteiger partial charge in [0.05, 0.1) is 9.99 Å². The SMILES string of the molecule is Brc1cnc(Oc2ccc3ncccc3c2)nc1. The van der Waals surface area contributed by atoms with E-state index in [1.54, 1.807) is 18.6 Å². The standard InChI is InChI=1S/C13H8BrN3O/c14-10-7-16-13(17-8-10)18-11-3-4-12-9(6-11)2-1-5-15-12/h1-8H. The second-order valence-electron chi connectivity index (χ2n) is 3.64. The Balaban J connectivity index is 1.92. The highest BCUT2D eigenvalue weighted by molar-refractivity contribution is 9.10. The molecular formula is C13H8BrN3O. The summed E-state index contributed by atoms with van der Waals surface area (Å²) in [7, 11) is 0. The first-order chi connectivity index (χ1) is 8.81. The van der Waals surface area contributed by atoms with E-state index in [0.29, 0.717) is 11.8 Å². The normalized spacial score (nSPS) is 10.5. The van der Waals surface area contributed by atoms with E-state index < -0.39 is 0 Å². The van der Waals surface area contributed by atoms with Crippen molar-refractivity contribution in [3.05, 3.63) is 53.4 Å². The molecule has 2 heterocycles. The van der Waals surface area contributed by atoms with Crippen molar-refractivity contribution in [2.24, 2.45) is 0 Å². The van der Waals surface area contributed by atoms with Crippen LogP contribution in [0.25, 0.3) is 10.9 Å². The van der Waals surface area contributed by atoms with Crippen molar-refractivity contribution in [3.8, 4) is 11.8 Å². The fourth-order valence-electron chi connectivity index (χ4n) is 1.58. The number of hydrogen-bond acceptors (Lipinski definition) is 4. The van der Waals surface area contributed by atoms with E-state index in [0.717, 1.165) is 15.4 Å². The van der Waals surface area contributed by atoms with E-state index in [2.05, 4.69) is 30.9 Å². The van der Waals surface area contributed by atoms with Gasteiger partial charge in [-0.1, -0.05) is 6.07 Å². The fourth-order valence-corrected chi connectivity index (χ4v) is 1.78. The summed E-state index contributed by atoms with van der Waals surface area (Å²) in [5, 5.41) is 1.02. The summed E-state index contributed by atoms with van der Waals surface area (Å²) in [4.78, 5) is 12.4. The van der Waals surface area contributed by atoms with Crippen LogP contribution in [0.4, 0.5) is 0 Å². The quantitative estimate of drug-likeness (QED) is 0.726. The summed E-state index contributed by atoms with van der Waals surface area (Å²) < 4.78 is 6.39. The lowest BCUT2D eigenvalue weighted by molar-refractivity contribution is 0.442. The van der Waals surface area contributed by atoms with Gasteiger partial charge in [-0.05, 0) is 40.2 Å². The average molecular weight is 302 g/mol. The van der Waals surface area contributed by atoms with Gasteiger partial charge in [-0.2, -0.15) is 0 Å². The monoisotopic (exact) mass is 301 g/mol. The third-order valence-corrected chi connectivity index (χ3v) is 2.79. The maximum Gasteiger partial charge on any atom is 0.321 e. The number of benzene rings is 1. The van der Waals surface area contributed by atoms with Crippen LogP contribution in [0.5, 0.6) is 11.8 Å². The molecule has 0 atom stereocenters. The van der Waals surface area contributed by atoms with Crippen molar-refractivity contribution in [3.63, 3.8) is 0 Å². The molecule has 0 aliphatic heterocycles. The van der Waals surface area contributed by atoms with Gasteiger partial charge >= 0.3 is 6.01 Å². The van der Waals surface area contributed by atoms with Crippen LogP contribution >= 0.6 is 15.9 Å². The molecule has 0 N–H and O–H groups in total. The van der Waals surface area contributed by atoms with Crippen molar-refractivity contribution in [1.82, 2.24) is 15.0 Å². The summed E-state index contributed by atoms with van der Waals surface area (Å²) in [5.74, 6) is 0.692. The van der Waals surface area contributed by atoms with E-state index in [1.165, 1.54) is 0 Å². The van der Waals surface area contributed by atoms with Gasteiger partial charge < -0.3 is 4.74 Å². The molecule has 0 amide bonds. The minimum Gasteiger partial charge on any atom is -0.424 e. The predicted molar refractivity (Wildman–Crippen MR) is 71.5 cm³/mol. The highest BCUT2D eigenvalue weighted by Crippen LogP contribution is 2.22. The van der Waals surface area contributed by atoms with Gasteiger partial charge in [0.15, 0.2) is 0 Å². The first-order valence-electron chi connectivity index (χ1n) is 5.31. The Kier molecular flexibility index (Phi) is 2.90. The largest absolute Gasteiger partial charge is 0.424 e. The first kappa shape index (κ1) is 11.1. The molecule has 4 nitrogen and oxygen atoms in total. The Bertz CT molecular complexity index is 685. The van der Waals surface area contributed by atoms with Crippen molar-refractivity contribution in [2.75, 3.05) is 0 Å². The zero-order chi connectivity index (χ0) is 12.4. The second kappa shape index (κ2) is 4.70. The molecule has 0 aliphatic rings. The number of hydrogen-bond donors (Lipinski definition) is 0. The number of aromatic nitrogens is 3. The number of nitrogens with zero attached hydrogens (tertiary/aromatic N) is 3. The predicted octanol–water partition coefficient (Wildman–Crippen LogP) is 3.58. The van der Waals surface area contributed by atoms with Crippen molar-refractivity contribution < 1.29 is 4.74 Å². The molecule has 0 unspecified atom stereocenters. The van der Waals surface area contributed by atoms with Crippen LogP contribution in [0.2, 0.25) is 0 Å². The lowest BCUT2D eigenvalue weighted by Crippen LogP contribution is -1.91. The Morgan fingerprint density at radius 3 is 2.67 bits per heavy atom. The summed E-state index contributed by atoms with van der Waals surface area (Å²) in [6.07, 6.45) is 5.05. The number of fused-ring (bicyclic) bond motifs is 1. The summed E-state index contributed by atoms with van der Waals surface area (Å²) in [6, 6.07) is 9.86. The van der Waals surface area contributed by atoms with Gasteiger partial charge in [-0.25, -0.2) is 9.97 Å². The lowest BCUT2D eigenvalue weighted by atomic mass is 10.2. The zero-order valence-corrected chi connectivity index (χ0v) is 10.8. The van der Waals surface area contributed by atoms with Crippen LogP contribution in [0.15, 0.2) is 53.4 Å². The van der Waals surface area contributed by atoms with Crippen LogP contribution in [-0.4, -0.2) is 15.0 Å². The molecule has 0 aliphatic carbocycles. The van der Waals surface area contributed by atoms with Crippen molar-refractivity contribution in [2.45, 2.75) is 0 Å². The summed E-state index contributed by atoms with van der Waals surface area (Å²) in [5.41, 5.74) is 0.932. The molecule has 3 aromatic rings. The molecule has 0 radical (unpaired) electrons. The van der Waals surface area contributed by atoms with Gasteiger partial charge in [0.2, 0.25) is 0 Å². The van der Waals surface area contributed by atoms with E-state index in [1.807, 2.05) is 30.3 Å². The van der Waals surface area contributed by atoms with Gasteiger partial charge in [-0.3, -0.25) is 4.98 Å². The van der Waals surface area contributed by atoms with E-state index >= 15 is 0 Å². The van der Waals surface area contributed by atoms with Gasteiger partial charge in [0.1, 0.15) is 5.75 Å². The molecule has 0 bridgehead atoms. The van der Waals surface area contributed by atoms with Gasteiger partial charge in [-0.15, -0.1) is 0 Å². The lowest BCUT2D eigenvalue weighted by Gasteiger charge is -2.04. The molecule has 0 saturated heterocycles. The van der Waals surface area contributed by atoms with Crippen molar-refractivity contribution in [1.29, 1.82) is 0 Å². The Morgan fingerprint density at radius 1 is 1.00 bits per heavy atom. The smallest absolute Gasteiger partial charge is 0.321 e. The molecule has 0 saturated carbocycles. The summed E-state index contributed by atoms with van der Waals surface area (Å²) >= 11 is 3.27. The van der Waals surface area contributed by atoms with Crippen LogP contribution in [0, 0.1) is 0 Å². The maximum atomic E-state index is 5.57. The zero-order valence-electron chi connectivity index (χ0n) is 9.25. The number of rotatable bonds is 2. The number of ether oxygens (including phenoxy) is 1. The topological polar surface area (TPSA) is 47.9 Å². The highest BCUT2D eigenvalue weighted by Gasteiger charge is 2.01. The van der Waals surface area contributed by atoms with Gasteiger partial charge in [0.25, 0.3) is 0 Å². The third-order valence-electron chi connectivity index (χ3n) is 2.38. The molecule has 0 fully saturated rings. The molecule has 1 aromatic carbocycles. The second-order valence-corrected chi connectivity index (χ2v) is 4.56. The molecule has 2 aromatic heterocycles. The Labute approximate surface area is 112 Å². The van der Waals surface area contributed by atoms with Crippen LogP contribution in [0.1, 0.15) is 0 Å². The Morgan fingerprint density at radius 2 is 1.83 bits per heavy atom. The molecular weight excluding hydrogens is 294 g/mol. The molecule has 0 spiro atoms. The van der Waals surface area contributed by atoms with E-state index in [4.69, 9.17) is 4.74 Å². The van der Waals surface area contributed by atoms with Crippen LogP contribution < -0.4 is 4.74 Å². The van der Waals surface area contributed by atoms with Crippen LogP contribution in [0.3, 0.4) is 0 Å². The molecule has 18 heavy (non-hydrogen) atoms. The van der Waals surface area contributed by atoms with Crippen molar-refractivity contribution >= 4 is 26.8 Å². The molecule has 88 valence electrons. The minimum absolute atomic E-state index is 0.321. The molecule has 3 rings (SSSR count). The first-order valence-corrected chi connectivity index (χ1v) is 6.11. The van der Waals surface area contributed by atoms with E-state index in [-0.39, 0.29) is 0 Å².